The summed E-state index contributed by atoms with van der Waals surface area (Å²) in [4.78, 5) is 70.6. The molecule has 0 spiro atoms. The summed E-state index contributed by atoms with van der Waals surface area (Å²) in [6.07, 6.45) is 1.46. The van der Waals surface area contributed by atoms with Crippen molar-refractivity contribution in [2.45, 2.75) is 70.7 Å². The van der Waals surface area contributed by atoms with E-state index < -0.39 is 29.6 Å². The molecular formula is C29H40N8O7. The van der Waals surface area contributed by atoms with Gasteiger partial charge in [0.1, 0.15) is 18.2 Å². The summed E-state index contributed by atoms with van der Waals surface area (Å²) in [6, 6.07) is 4.22. The fraction of sp³-hybridized carbons (Fsp3) is 0.621. The highest BCUT2D eigenvalue weighted by molar-refractivity contribution is 6.06. The molecule has 15 heteroatoms. The van der Waals surface area contributed by atoms with Crippen LogP contribution in [0.15, 0.2) is 23.3 Å². The second-order valence-electron chi connectivity index (χ2n) is 12.1. The average Bonchev–Trinajstić information content (AvgIpc) is 3.29. The molecule has 0 aliphatic carbocycles. The van der Waals surface area contributed by atoms with Gasteiger partial charge in [0.05, 0.1) is 6.61 Å². The molecule has 2 saturated heterocycles. The van der Waals surface area contributed by atoms with Crippen molar-refractivity contribution < 1.29 is 33.4 Å². The Labute approximate surface area is 255 Å². The van der Waals surface area contributed by atoms with Crippen molar-refractivity contribution in [1.29, 1.82) is 0 Å². The monoisotopic (exact) mass is 612 g/mol. The van der Waals surface area contributed by atoms with E-state index in [1.54, 1.807) is 43.9 Å². The summed E-state index contributed by atoms with van der Waals surface area (Å²) >= 11 is 0. The molecule has 5 amide bonds. The largest absolute Gasteiger partial charge is 0.444 e. The first-order valence-corrected chi connectivity index (χ1v) is 14.8. The summed E-state index contributed by atoms with van der Waals surface area (Å²) in [7, 11) is 0. The van der Waals surface area contributed by atoms with Gasteiger partial charge in [-0.1, -0.05) is 11.2 Å². The van der Waals surface area contributed by atoms with Crippen LogP contribution in [-0.2, 0) is 30.4 Å². The number of carbonyl (C=O) groups excluding carboxylic acids is 5. The lowest BCUT2D eigenvalue weighted by molar-refractivity contribution is -0.137. The lowest BCUT2D eigenvalue weighted by atomic mass is 10.0. The number of rotatable bonds is 11. The molecule has 1 atom stereocenters. The highest BCUT2D eigenvalue weighted by Gasteiger charge is 2.40. The van der Waals surface area contributed by atoms with Gasteiger partial charge in [0.2, 0.25) is 17.7 Å². The fourth-order valence-corrected chi connectivity index (χ4v) is 5.44. The third-order valence-electron chi connectivity index (χ3n) is 7.70. The van der Waals surface area contributed by atoms with Crippen LogP contribution < -0.4 is 10.6 Å². The molecule has 1 unspecified atom stereocenters. The van der Waals surface area contributed by atoms with Gasteiger partial charge in [-0.25, -0.2) is 4.79 Å². The quantitative estimate of drug-likeness (QED) is 0.125. The van der Waals surface area contributed by atoms with E-state index >= 15 is 0 Å². The highest BCUT2D eigenvalue weighted by Crippen LogP contribution is 2.32. The molecule has 2 N–H and O–H groups in total. The molecule has 3 aliphatic heterocycles. The van der Waals surface area contributed by atoms with Crippen LogP contribution in [0.3, 0.4) is 0 Å². The summed E-state index contributed by atoms with van der Waals surface area (Å²) in [6.45, 7) is 8.11. The predicted octanol–water partition coefficient (Wildman–Crippen LogP) is 2.41. The van der Waals surface area contributed by atoms with Gasteiger partial charge in [-0.15, -0.1) is 0 Å². The smallest absolute Gasteiger partial charge is 0.410 e. The summed E-state index contributed by atoms with van der Waals surface area (Å²) in [5.74, 6) is -1.63. The Kier molecular flexibility index (Phi) is 10.8. The van der Waals surface area contributed by atoms with Crippen LogP contribution in [0.4, 0.5) is 10.5 Å². The minimum atomic E-state index is -0.753. The summed E-state index contributed by atoms with van der Waals surface area (Å²) in [5.41, 5.74) is 9.41. The van der Waals surface area contributed by atoms with Gasteiger partial charge in [-0.2, -0.15) is 0 Å². The second-order valence-corrected chi connectivity index (χ2v) is 12.1. The number of ether oxygens (including phenoxy) is 2. The van der Waals surface area contributed by atoms with E-state index in [1.807, 2.05) is 0 Å². The molecule has 3 aliphatic rings. The number of anilines is 1. The number of azide groups is 1. The SMILES string of the molecule is CC(C)(C)OC(=O)N(CCOCC(=O)Nc1cccc2c1CN(C1CCC(=O)NC1=O)C2=O)CCN1CCC(N=[N+]=[N-])CC1. The third kappa shape index (κ3) is 8.68. The Balaban J connectivity index is 1.27. The first kappa shape index (κ1) is 32.7. The minimum absolute atomic E-state index is 0.000498. The van der Waals surface area contributed by atoms with E-state index in [0.29, 0.717) is 29.9 Å². The van der Waals surface area contributed by atoms with Crippen molar-refractivity contribution >= 4 is 35.4 Å². The van der Waals surface area contributed by atoms with Gasteiger partial charge in [0.25, 0.3) is 5.91 Å². The zero-order valence-corrected chi connectivity index (χ0v) is 25.4. The molecule has 0 aromatic heterocycles. The molecule has 2 fully saturated rings. The third-order valence-corrected chi connectivity index (χ3v) is 7.70. The molecule has 0 bridgehead atoms. The van der Waals surface area contributed by atoms with Crippen molar-refractivity contribution in [3.05, 3.63) is 39.8 Å². The standard InChI is InChI=1S/C29H40N8O7/c1-29(2,3)44-28(42)36(14-13-35-11-9-19(10-12-35)33-34-30)15-16-43-18-25(39)31-22-6-4-5-20-21(22)17-37(27(20)41)23-7-8-24(38)32-26(23)40/h4-6,19,23H,7-18H2,1-3H3,(H,31,39)(H,32,38,40). The molecule has 238 valence electrons. The van der Waals surface area contributed by atoms with Gasteiger partial charge in [0, 0.05) is 60.4 Å². The second kappa shape index (κ2) is 14.5. The molecule has 1 aromatic rings. The molecule has 1 aromatic carbocycles. The first-order valence-electron chi connectivity index (χ1n) is 14.8. The Bertz CT molecular complexity index is 1320. The number of hydrogen-bond donors (Lipinski definition) is 2. The van der Waals surface area contributed by atoms with E-state index in [-0.39, 0.29) is 57.0 Å². The molecule has 15 nitrogen and oxygen atoms in total. The van der Waals surface area contributed by atoms with Crippen LogP contribution in [-0.4, -0.2) is 108 Å². The fourth-order valence-electron chi connectivity index (χ4n) is 5.44. The van der Waals surface area contributed by atoms with Crippen molar-refractivity contribution in [2.24, 2.45) is 5.11 Å². The maximum Gasteiger partial charge on any atom is 0.410 e. The number of carbonyl (C=O) groups is 5. The van der Waals surface area contributed by atoms with Crippen LogP contribution in [0.5, 0.6) is 0 Å². The van der Waals surface area contributed by atoms with E-state index in [2.05, 4.69) is 25.6 Å². The number of nitrogens with one attached hydrogen (secondary N) is 2. The van der Waals surface area contributed by atoms with E-state index in [4.69, 9.17) is 15.0 Å². The zero-order valence-electron chi connectivity index (χ0n) is 25.4. The van der Waals surface area contributed by atoms with E-state index in [1.165, 1.54) is 4.90 Å². The van der Waals surface area contributed by atoms with Gasteiger partial charge in [0.15, 0.2) is 0 Å². The van der Waals surface area contributed by atoms with Crippen molar-refractivity contribution in [3.8, 4) is 0 Å². The number of imide groups is 1. The lowest BCUT2D eigenvalue weighted by Gasteiger charge is -2.33. The Morgan fingerprint density at radius 2 is 1.91 bits per heavy atom. The van der Waals surface area contributed by atoms with Gasteiger partial charge in [-0.3, -0.25) is 24.5 Å². The molecular weight excluding hydrogens is 572 g/mol. The van der Waals surface area contributed by atoms with Crippen molar-refractivity contribution in [2.75, 3.05) is 51.3 Å². The minimum Gasteiger partial charge on any atom is -0.444 e. The van der Waals surface area contributed by atoms with Gasteiger partial charge in [-0.05, 0) is 70.8 Å². The molecule has 0 saturated carbocycles. The first-order chi connectivity index (χ1) is 20.9. The summed E-state index contributed by atoms with van der Waals surface area (Å²) < 4.78 is 11.2. The van der Waals surface area contributed by atoms with E-state index in [9.17, 15) is 24.0 Å². The number of fused-ring (bicyclic) bond motifs is 1. The van der Waals surface area contributed by atoms with Crippen molar-refractivity contribution in [1.82, 2.24) is 20.0 Å². The maximum absolute atomic E-state index is 13.0. The number of nitrogens with zero attached hydrogens (tertiary/aromatic N) is 6. The van der Waals surface area contributed by atoms with Crippen LogP contribution in [0.25, 0.3) is 10.4 Å². The topological polar surface area (TPSA) is 186 Å². The number of hydrogen-bond acceptors (Lipinski definition) is 9. The normalized spacial score (nSPS) is 19.2. The average molecular weight is 613 g/mol. The number of piperidine rings is 2. The van der Waals surface area contributed by atoms with Crippen molar-refractivity contribution in [3.63, 3.8) is 0 Å². The number of benzene rings is 1. The number of amides is 5. The lowest BCUT2D eigenvalue weighted by Crippen LogP contribution is -2.52. The molecule has 3 heterocycles. The Hall–Kier alpha value is -4.20. The van der Waals surface area contributed by atoms with Crippen LogP contribution >= 0.6 is 0 Å². The van der Waals surface area contributed by atoms with Gasteiger partial charge >= 0.3 is 6.09 Å². The Morgan fingerprint density at radius 1 is 1.16 bits per heavy atom. The van der Waals surface area contributed by atoms with Crippen LogP contribution in [0.1, 0.15) is 62.4 Å². The van der Waals surface area contributed by atoms with Crippen LogP contribution in [0.2, 0.25) is 0 Å². The van der Waals surface area contributed by atoms with Gasteiger partial charge < -0.3 is 29.5 Å². The highest BCUT2D eigenvalue weighted by atomic mass is 16.6. The van der Waals surface area contributed by atoms with Crippen LogP contribution in [0, 0.1) is 0 Å². The molecule has 44 heavy (non-hydrogen) atoms. The molecule has 4 rings (SSSR count). The number of likely N-dealkylation sites (tertiary alicyclic amines) is 1. The Morgan fingerprint density at radius 3 is 2.59 bits per heavy atom. The van der Waals surface area contributed by atoms with E-state index in [0.717, 1.165) is 25.9 Å². The molecule has 0 radical (unpaired) electrons. The predicted molar refractivity (Wildman–Crippen MR) is 158 cm³/mol. The summed E-state index contributed by atoms with van der Waals surface area (Å²) in [5, 5.41) is 8.86. The maximum atomic E-state index is 13.0. The zero-order chi connectivity index (χ0) is 31.9.